The average Bonchev–Trinajstić information content (AvgIpc) is 3.11. The van der Waals surface area contributed by atoms with Crippen LogP contribution in [0.4, 0.5) is 0 Å². The van der Waals surface area contributed by atoms with Crippen LogP contribution in [0.5, 0.6) is 0 Å². The van der Waals surface area contributed by atoms with E-state index in [1.54, 1.807) is 23.3 Å². The SMILES string of the molecule is COCCCN(CC(=O)N(Cc1ccccc1)Cc1ccc(C)s1)C(=O)C(Cl)Cl. The van der Waals surface area contributed by atoms with Crippen LogP contribution in [0.2, 0.25) is 0 Å². The molecule has 0 fully saturated rings. The van der Waals surface area contributed by atoms with Crippen LogP contribution >= 0.6 is 34.5 Å². The molecule has 2 aromatic rings. The van der Waals surface area contributed by atoms with Gasteiger partial charge in [0.15, 0.2) is 4.84 Å². The molecule has 1 aromatic carbocycles. The average molecular weight is 457 g/mol. The fourth-order valence-electron chi connectivity index (χ4n) is 2.86. The third-order valence-electron chi connectivity index (χ3n) is 4.31. The number of carbonyl (C=O) groups excluding carboxylic acids is 2. The molecule has 0 aliphatic heterocycles. The fourth-order valence-corrected chi connectivity index (χ4v) is 4.04. The largest absolute Gasteiger partial charge is 0.385 e. The van der Waals surface area contributed by atoms with Crippen molar-refractivity contribution in [1.29, 1.82) is 0 Å². The maximum Gasteiger partial charge on any atom is 0.256 e. The summed E-state index contributed by atoms with van der Waals surface area (Å²) in [5.74, 6) is -0.621. The molecular formula is C21H26Cl2N2O3S. The monoisotopic (exact) mass is 456 g/mol. The number of nitrogens with zero attached hydrogens (tertiary/aromatic N) is 2. The van der Waals surface area contributed by atoms with Crippen molar-refractivity contribution in [3.8, 4) is 0 Å². The van der Waals surface area contributed by atoms with Gasteiger partial charge in [0.2, 0.25) is 5.91 Å². The van der Waals surface area contributed by atoms with Crippen molar-refractivity contribution in [2.75, 3.05) is 26.8 Å². The molecule has 0 saturated carbocycles. The van der Waals surface area contributed by atoms with Gasteiger partial charge in [-0.3, -0.25) is 9.59 Å². The molecule has 0 spiro atoms. The topological polar surface area (TPSA) is 49.9 Å². The van der Waals surface area contributed by atoms with Crippen molar-refractivity contribution in [2.45, 2.75) is 31.3 Å². The van der Waals surface area contributed by atoms with Crippen LogP contribution in [0.3, 0.4) is 0 Å². The van der Waals surface area contributed by atoms with Crippen LogP contribution in [0.1, 0.15) is 21.7 Å². The number of benzene rings is 1. The number of hydrogen-bond donors (Lipinski definition) is 0. The highest BCUT2D eigenvalue weighted by molar-refractivity contribution is 7.11. The quantitative estimate of drug-likeness (QED) is 0.375. The first-order valence-electron chi connectivity index (χ1n) is 9.33. The lowest BCUT2D eigenvalue weighted by Crippen LogP contribution is -2.44. The zero-order chi connectivity index (χ0) is 21.2. The predicted molar refractivity (Wildman–Crippen MR) is 118 cm³/mol. The van der Waals surface area contributed by atoms with Gasteiger partial charge >= 0.3 is 0 Å². The lowest BCUT2D eigenvalue weighted by atomic mass is 10.2. The molecule has 0 N–H and O–H groups in total. The van der Waals surface area contributed by atoms with E-state index in [4.69, 9.17) is 27.9 Å². The van der Waals surface area contributed by atoms with Gasteiger partial charge in [-0.2, -0.15) is 0 Å². The summed E-state index contributed by atoms with van der Waals surface area (Å²) in [6.45, 7) is 3.74. The molecule has 1 heterocycles. The zero-order valence-electron chi connectivity index (χ0n) is 16.6. The summed E-state index contributed by atoms with van der Waals surface area (Å²) in [4.78, 5) is 29.8. The number of amides is 2. The number of carbonyl (C=O) groups is 2. The Bertz CT molecular complexity index is 783. The minimum absolute atomic E-state index is 0.0737. The van der Waals surface area contributed by atoms with E-state index in [-0.39, 0.29) is 12.5 Å². The van der Waals surface area contributed by atoms with Crippen LogP contribution in [0.15, 0.2) is 42.5 Å². The third kappa shape index (κ3) is 7.97. The molecule has 0 bridgehead atoms. The highest BCUT2D eigenvalue weighted by Gasteiger charge is 2.25. The molecule has 0 atom stereocenters. The molecule has 8 heteroatoms. The second-order valence-electron chi connectivity index (χ2n) is 6.65. The predicted octanol–water partition coefficient (Wildman–Crippen LogP) is 4.25. The molecule has 1 aromatic heterocycles. The number of ether oxygens (including phenoxy) is 1. The first kappa shape index (κ1) is 23.7. The van der Waals surface area contributed by atoms with E-state index < -0.39 is 10.7 Å². The normalized spacial score (nSPS) is 10.9. The van der Waals surface area contributed by atoms with Crippen LogP contribution in [0.25, 0.3) is 0 Å². The van der Waals surface area contributed by atoms with Gasteiger partial charge < -0.3 is 14.5 Å². The summed E-state index contributed by atoms with van der Waals surface area (Å²) in [6.07, 6.45) is 0.596. The Morgan fingerprint density at radius 3 is 2.38 bits per heavy atom. The van der Waals surface area contributed by atoms with Gasteiger partial charge in [0, 0.05) is 36.6 Å². The minimum atomic E-state index is -1.20. The van der Waals surface area contributed by atoms with Crippen molar-refractivity contribution >= 4 is 46.4 Å². The van der Waals surface area contributed by atoms with E-state index in [9.17, 15) is 9.59 Å². The number of hydrogen-bond acceptors (Lipinski definition) is 4. The van der Waals surface area contributed by atoms with Crippen molar-refractivity contribution in [3.63, 3.8) is 0 Å². The van der Waals surface area contributed by atoms with Crippen molar-refractivity contribution < 1.29 is 14.3 Å². The number of rotatable bonds is 11. The number of methoxy groups -OCH3 is 1. The summed E-state index contributed by atoms with van der Waals surface area (Å²) in [5, 5.41) is 0. The Balaban J connectivity index is 2.15. The maximum atomic E-state index is 13.1. The van der Waals surface area contributed by atoms with E-state index in [2.05, 4.69) is 0 Å². The fraction of sp³-hybridized carbons (Fsp3) is 0.429. The molecule has 0 aliphatic rings. The molecule has 29 heavy (non-hydrogen) atoms. The molecule has 2 rings (SSSR count). The summed E-state index contributed by atoms with van der Waals surface area (Å²) in [5.41, 5.74) is 1.03. The number of halogens is 2. The molecule has 0 radical (unpaired) electrons. The molecule has 0 saturated heterocycles. The first-order valence-corrected chi connectivity index (χ1v) is 11.0. The van der Waals surface area contributed by atoms with E-state index in [0.717, 1.165) is 10.4 Å². The van der Waals surface area contributed by atoms with E-state index in [1.165, 1.54) is 9.78 Å². The Morgan fingerprint density at radius 2 is 1.79 bits per heavy atom. The van der Waals surface area contributed by atoms with Gasteiger partial charge in [-0.15, -0.1) is 11.3 Å². The molecule has 0 aliphatic carbocycles. The van der Waals surface area contributed by atoms with Gasteiger partial charge in [-0.25, -0.2) is 0 Å². The standard InChI is InChI=1S/C21H26Cl2N2O3S/c1-16-9-10-18(29-16)14-25(13-17-7-4-3-5-8-17)19(26)15-24(11-6-12-28-2)21(27)20(22)23/h3-5,7-10,20H,6,11-15H2,1-2H3. The van der Waals surface area contributed by atoms with Crippen LogP contribution in [0, 0.1) is 6.92 Å². The Kier molecular flexibility index (Phi) is 9.94. The second-order valence-corrected chi connectivity index (χ2v) is 9.12. The minimum Gasteiger partial charge on any atom is -0.385 e. The molecule has 158 valence electrons. The maximum absolute atomic E-state index is 13.1. The second kappa shape index (κ2) is 12.2. The summed E-state index contributed by atoms with van der Waals surface area (Å²) in [6, 6.07) is 13.9. The van der Waals surface area contributed by atoms with E-state index >= 15 is 0 Å². The molecule has 2 amide bonds. The van der Waals surface area contributed by atoms with Gasteiger partial charge in [0.05, 0.1) is 13.1 Å². The van der Waals surface area contributed by atoms with E-state index in [0.29, 0.717) is 32.7 Å². The van der Waals surface area contributed by atoms with Gasteiger partial charge in [0.1, 0.15) is 0 Å². The molecule has 5 nitrogen and oxygen atoms in total. The zero-order valence-corrected chi connectivity index (χ0v) is 19.0. The molecule has 0 unspecified atom stereocenters. The summed E-state index contributed by atoms with van der Waals surface area (Å²) in [7, 11) is 1.59. The van der Waals surface area contributed by atoms with Crippen LogP contribution in [-0.2, 0) is 27.4 Å². The first-order chi connectivity index (χ1) is 13.9. The Morgan fingerprint density at radius 1 is 1.07 bits per heavy atom. The van der Waals surface area contributed by atoms with Gasteiger partial charge in [-0.1, -0.05) is 53.5 Å². The highest BCUT2D eigenvalue weighted by Crippen LogP contribution is 2.19. The highest BCUT2D eigenvalue weighted by atomic mass is 35.5. The van der Waals surface area contributed by atoms with Crippen molar-refractivity contribution in [3.05, 3.63) is 57.8 Å². The number of aryl methyl sites for hydroxylation is 1. The smallest absolute Gasteiger partial charge is 0.256 e. The van der Waals surface area contributed by atoms with Gasteiger partial charge in [0.25, 0.3) is 5.91 Å². The van der Waals surface area contributed by atoms with Crippen LogP contribution in [-0.4, -0.2) is 53.3 Å². The lowest BCUT2D eigenvalue weighted by Gasteiger charge is -2.28. The molecular weight excluding hydrogens is 431 g/mol. The number of alkyl halides is 2. The van der Waals surface area contributed by atoms with Crippen molar-refractivity contribution in [2.24, 2.45) is 0 Å². The number of thiophene rings is 1. The van der Waals surface area contributed by atoms with Crippen molar-refractivity contribution in [1.82, 2.24) is 9.80 Å². The van der Waals surface area contributed by atoms with Crippen LogP contribution < -0.4 is 0 Å². The van der Waals surface area contributed by atoms with E-state index in [1.807, 2.05) is 49.4 Å². The Hall–Kier alpha value is -1.60. The third-order valence-corrected chi connectivity index (χ3v) is 5.67. The van der Waals surface area contributed by atoms with Gasteiger partial charge in [-0.05, 0) is 31.0 Å². The summed E-state index contributed by atoms with van der Waals surface area (Å²) < 4.78 is 5.05. The Labute approximate surface area is 186 Å². The lowest BCUT2D eigenvalue weighted by molar-refractivity contribution is -0.140. The summed E-state index contributed by atoms with van der Waals surface area (Å²) >= 11 is 13.2.